The first kappa shape index (κ1) is 11.6. The minimum Gasteiger partial charge on any atom is -0.324 e. The molecule has 1 aromatic rings. The van der Waals surface area contributed by atoms with Crippen LogP contribution in [0, 0.1) is 12.8 Å². The second-order valence-electron chi connectivity index (χ2n) is 4.68. The Morgan fingerprint density at radius 3 is 2.50 bits per heavy atom. The van der Waals surface area contributed by atoms with Crippen LogP contribution in [0.15, 0.2) is 23.1 Å². The van der Waals surface area contributed by atoms with E-state index in [1.807, 2.05) is 26.0 Å². The van der Waals surface area contributed by atoms with E-state index in [2.05, 4.69) is 0 Å². The number of hydrogen-bond donors (Lipinski definition) is 1. The molecular formula is C12H17NO2S. The van der Waals surface area contributed by atoms with Crippen LogP contribution in [0.2, 0.25) is 0 Å². The van der Waals surface area contributed by atoms with E-state index in [4.69, 9.17) is 5.73 Å². The molecule has 0 saturated carbocycles. The first-order valence-corrected chi connectivity index (χ1v) is 7.00. The molecule has 0 fully saturated rings. The van der Waals surface area contributed by atoms with Gasteiger partial charge in [0.25, 0.3) is 0 Å². The van der Waals surface area contributed by atoms with Crippen LogP contribution in [0.25, 0.3) is 0 Å². The molecule has 0 spiro atoms. The first-order valence-electron chi connectivity index (χ1n) is 5.45. The van der Waals surface area contributed by atoms with Gasteiger partial charge in [-0.2, -0.15) is 0 Å². The van der Waals surface area contributed by atoms with Crippen molar-refractivity contribution in [3.05, 3.63) is 29.3 Å². The van der Waals surface area contributed by atoms with Gasteiger partial charge in [0, 0.05) is 6.04 Å². The summed E-state index contributed by atoms with van der Waals surface area (Å²) < 4.78 is 24.4. The Labute approximate surface area is 96.6 Å². The molecule has 3 unspecified atom stereocenters. The number of benzene rings is 1. The lowest BCUT2D eigenvalue weighted by Gasteiger charge is -2.33. The zero-order chi connectivity index (χ0) is 12.1. The molecule has 0 radical (unpaired) electrons. The highest BCUT2D eigenvalue weighted by Gasteiger charge is 2.39. The first-order chi connectivity index (χ1) is 7.35. The van der Waals surface area contributed by atoms with Gasteiger partial charge in [0.2, 0.25) is 0 Å². The van der Waals surface area contributed by atoms with Crippen LogP contribution in [0.1, 0.15) is 31.0 Å². The van der Waals surface area contributed by atoms with Gasteiger partial charge in [-0.3, -0.25) is 0 Å². The average Bonchev–Trinajstić information content (AvgIpc) is 2.24. The summed E-state index contributed by atoms with van der Waals surface area (Å²) in [5.74, 6) is -0.0423. The molecule has 1 aromatic carbocycles. The van der Waals surface area contributed by atoms with Crippen LogP contribution in [0.4, 0.5) is 0 Å². The topological polar surface area (TPSA) is 60.2 Å². The number of rotatable bonds is 0. The van der Waals surface area contributed by atoms with Gasteiger partial charge in [-0.15, -0.1) is 0 Å². The molecule has 1 aliphatic rings. The minimum atomic E-state index is -3.20. The van der Waals surface area contributed by atoms with E-state index in [1.54, 1.807) is 13.0 Å². The quantitative estimate of drug-likeness (QED) is 0.751. The van der Waals surface area contributed by atoms with E-state index in [0.29, 0.717) is 4.90 Å². The molecule has 4 heteroatoms. The standard InChI is InChI=1S/C12H17NO2S/c1-7-4-5-11-10(6-7)12(13)8(2)9(3)16(11,14)15/h4-6,8-9,12H,13H2,1-3H3. The van der Waals surface area contributed by atoms with E-state index in [1.165, 1.54) is 0 Å². The molecule has 3 nitrogen and oxygen atoms in total. The Balaban J connectivity index is 2.73. The molecule has 2 N–H and O–H groups in total. The van der Waals surface area contributed by atoms with Crippen LogP contribution in [-0.2, 0) is 9.84 Å². The Hall–Kier alpha value is -0.870. The highest BCUT2D eigenvalue weighted by molar-refractivity contribution is 7.92. The van der Waals surface area contributed by atoms with Crippen LogP contribution in [0.5, 0.6) is 0 Å². The van der Waals surface area contributed by atoms with Crippen molar-refractivity contribution in [2.45, 2.75) is 37.0 Å². The van der Waals surface area contributed by atoms with Crippen LogP contribution in [-0.4, -0.2) is 13.7 Å². The van der Waals surface area contributed by atoms with Gasteiger partial charge >= 0.3 is 0 Å². The summed E-state index contributed by atoms with van der Waals surface area (Å²) >= 11 is 0. The third kappa shape index (κ3) is 1.48. The van der Waals surface area contributed by atoms with Crippen LogP contribution in [0.3, 0.4) is 0 Å². The fourth-order valence-electron chi connectivity index (χ4n) is 2.25. The van der Waals surface area contributed by atoms with E-state index >= 15 is 0 Å². The number of aryl methyl sites for hydroxylation is 1. The van der Waals surface area contributed by atoms with Crippen molar-refractivity contribution < 1.29 is 8.42 Å². The predicted molar refractivity (Wildman–Crippen MR) is 63.9 cm³/mol. The summed E-state index contributed by atoms with van der Waals surface area (Å²) in [6.07, 6.45) is 0. The maximum Gasteiger partial charge on any atom is 0.181 e. The second kappa shape index (κ2) is 3.57. The molecular weight excluding hydrogens is 222 g/mol. The van der Waals surface area contributed by atoms with Crippen molar-refractivity contribution in [3.8, 4) is 0 Å². The van der Waals surface area contributed by atoms with Crippen LogP contribution < -0.4 is 5.73 Å². The highest BCUT2D eigenvalue weighted by atomic mass is 32.2. The van der Waals surface area contributed by atoms with Gasteiger partial charge < -0.3 is 5.73 Å². The van der Waals surface area contributed by atoms with Gasteiger partial charge in [-0.25, -0.2) is 8.42 Å². The number of nitrogens with two attached hydrogens (primary N) is 1. The highest BCUT2D eigenvalue weighted by Crippen LogP contribution is 2.38. The second-order valence-corrected chi connectivity index (χ2v) is 6.95. The SMILES string of the molecule is Cc1ccc2c(c1)C(N)C(C)C(C)S2(=O)=O. The molecule has 2 rings (SSSR count). The molecule has 88 valence electrons. The Morgan fingerprint density at radius 1 is 1.25 bits per heavy atom. The molecule has 16 heavy (non-hydrogen) atoms. The van der Waals surface area contributed by atoms with Crippen molar-refractivity contribution in [1.82, 2.24) is 0 Å². The zero-order valence-electron chi connectivity index (χ0n) is 9.77. The Kier molecular flexibility index (Phi) is 2.59. The van der Waals surface area contributed by atoms with E-state index < -0.39 is 15.1 Å². The molecule has 0 bridgehead atoms. The Bertz CT molecular complexity index is 522. The fourth-order valence-corrected chi connectivity index (χ4v) is 4.16. The number of sulfone groups is 1. The van der Waals surface area contributed by atoms with Crippen molar-refractivity contribution in [3.63, 3.8) is 0 Å². The van der Waals surface area contributed by atoms with Crippen molar-refractivity contribution in [1.29, 1.82) is 0 Å². The van der Waals surface area contributed by atoms with Gasteiger partial charge in [-0.05, 0) is 31.4 Å². The maximum atomic E-state index is 12.2. The maximum absolute atomic E-state index is 12.2. The molecule has 0 saturated heterocycles. The summed E-state index contributed by atoms with van der Waals surface area (Å²) in [5, 5.41) is -0.405. The molecule has 3 atom stereocenters. The lowest BCUT2D eigenvalue weighted by Crippen LogP contribution is -2.39. The third-order valence-electron chi connectivity index (χ3n) is 3.63. The van der Waals surface area contributed by atoms with Gasteiger partial charge in [0.1, 0.15) is 0 Å². The largest absolute Gasteiger partial charge is 0.324 e. The summed E-state index contributed by atoms with van der Waals surface area (Å²) in [7, 11) is -3.20. The van der Waals surface area contributed by atoms with E-state index in [9.17, 15) is 8.42 Å². The van der Waals surface area contributed by atoms with E-state index in [0.717, 1.165) is 11.1 Å². The molecule has 0 aliphatic carbocycles. The summed E-state index contributed by atoms with van der Waals surface area (Å²) in [5.41, 5.74) is 7.92. The third-order valence-corrected chi connectivity index (χ3v) is 6.02. The van der Waals surface area contributed by atoms with Gasteiger partial charge in [-0.1, -0.05) is 24.6 Å². The molecule has 0 aromatic heterocycles. The smallest absolute Gasteiger partial charge is 0.181 e. The number of hydrogen-bond acceptors (Lipinski definition) is 3. The van der Waals surface area contributed by atoms with Gasteiger partial charge in [0.05, 0.1) is 10.1 Å². The molecule has 1 aliphatic heterocycles. The monoisotopic (exact) mass is 239 g/mol. The molecule has 1 heterocycles. The summed E-state index contributed by atoms with van der Waals surface area (Å²) in [4.78, 5) is 0.413. The lowest BCUT2D eigenvalue weighted by molar-refractivity contribution is 0.425. The summed E-state index contributed by atoms with van der Waals surface area (Å²) in [6.45, 7) is 5.59. The number of fused-ring (bicyclic) bond motifs is 1. The van der Waals surface area contributed by atoms with Crippen molar-refractivity contribution in [2.75, 3.05) is 0 Å². The predicted octanol–water partition coefficient (Wildman–Crippen LogP) is 1.81. The van der Waals surface area contributed by atoms with E-state index in [-0.39, 0.29) is 12.0 Å². The molecule has 0 amide bonds. The average molecular weight is 239 g/mol. The lowest BCUT2D eigenvalue weighted by atomic mass is 9.91. The van der Waals surface area contributed by atoms with Crippen molar-refractivity contribution >= 4 is 9.84 Å². The fraction of sp³-hybridized carbons (Fsp3) is 0.500. The van der Waals surface area contributed by atoms with Crippen molar-refractivity contribution in [2.24, 2.45) is 11.7 Å². The van der Waals surface area contributed by atoms with Crippen LogP contribution >= 0.6 is 0 Å². The summed E-state index contributed by atoms with van der Waals surface area (Å²) in [6, 6.07) is 5.21. The van der Waals surface area contributed by atoms with Gasteiger partial charge in [0.15, 0.2) is 9.84 Å². The normalized spacial score (nSPS) is 32.1. The zero-order valence-corrected chi connectivity index (χ0v) is 10.6. The Morgan fingerprint density at radius 2 is 1.88 bits per heavy atom. The minimum absolute atomic E-state index is 0.0423.